The molecule has 0 radical (unpaired) electrons. The fourth-order valence-electron chi connectivity index (χ4n) is 1.33. The van der Waals surface area contributed by atoms with E-state index in [4.69, 9.17) is 9.47 Å². The van der Waals surface area contributed by atoms with Crippen molar-refractivity contribution in [2.24, 2.45) is 0 Å². The molecule has 0 N–H and O–H groups in total. The number of rotatable bonds is 3. The summed E-state index contributed by atoms with van der Waals surface area (Å²) >= 11 is 0. The van der Waals surface area contributed by atoms with E-state index in [1.54, 1.807) is 14.2 Å². The molecule has 1 saturated carbocycles. The minimum atomic E-state index is 0.597. The van der Waals surface area contributed by atoms with Gasteiger partial charge in [-0.3, -0.25) is 0 Å². The Balaban J connectivity index is 0.000000217. The van der Waals surface area contributed by atoms with Crippen LogP contribution < -0.4 is 0 Å². The van der Waals surface area contributed by atoms with Crippen molar-refractivity contribution in [3.05, 3.63) is 0 Å². The molecule has 0 aromatic rings. The first-order valence-electron chi connectivity index (χ1n) is 4.86. The summed E-state index contributed by atoms with van der Waals surface area (Å²) in [5.41, 5.74) is 0. The van der Waals surface area contributed by atoms with Crippen molar-refractivity contribution >= 4 is 0 Å². The fourth-order valence-corrected chi connectivity index (χ4v) is 1.33. The lowest BCUT2D eigenvalue weighted by atomic mass is 10.3. The standard InChI is InChI=1S/C6H12O.C4H10O/c1-7-6-4-2-3-5-6;1-3-4-5-2/h6H,2-5H2,1H3;3-4H2,1-2H3. The van der Waals surface area contributed by atoms with Crippen molar-refractivity contribution in [1.82, 2.24) is 0 Å². The van der Waals surface area contributed by atoms with Crippen LogP contribution >= 0.6 is 0 Å². The molecule has 0 heterocycles. The van der Waals surface area contributed by atoms with Crippen LogP contribution in [0.2, 0.25) is 0 Å². The molecule has 0 unspecified atom stereocenters. The van der Waals surface area contributed by atoms with Crippen molar-refractivity contribution in [2.75, 3.05) is 20.8 Å². The predicted molar refractivity (Wildman–Crippen MR) is 51.4 cm³/mol. The molecule has 0 atom stereocenters. The van der Waals surface area contributed by atoms with E-state index < -0.39 is 0 Å². The van der Waals surface area contributed by atoms with Crippen LogP contribution in [0.25, 0.3) is 0 Å². The quantitative estimate of drug-likeness (QED) is 0.655. The average molecular weight is 174 g/mol. The Morgan fingerprint density at radius 2 is 1.75 bits per heavy atom. The number of hydrogen-bond acceptors (Lipinski definition) is 2. The molecule has 2 nitrogen and oxygen atoms in total. The Hall–Kier alpha value is -0.0800. The van der Waals surface area contributed by atoms with Gasteiger partial charge < -0.3 is 9.47 Å². The summed E-state index contributed by atoms with van der Waals surface area (Å²) in [6, 6.07) is 0. The van der Waals surface area contributed by atoms with Crippen LogP contribution in [0.15, 0.2) is 0 Å². The molecule has 0 aromatic heterocycles. The SMILES string of the molecule is CCCOC.COC1CCCC1. The molecule has 0 spiro atoms. The normalized spacial score (nSPS) is 17.2. The molecule has 0 aromatic carbocycles. The molecule has 1 aliphatic rings. The van der Waals surface area contributed by atoms with Gasteiger partial charge in [-0.15, -0.1) is 0 Å². The summed E-state index contributed by atoms with van der Waals surface area (Å²) in [6.07, 6.45) is 7.04. The zero-order valence-electron chi connectivity index (χ0n) is 8.64. The van der Waals surface area contributed by atoms with Crippen LogP contribution in [-0.4, -0.2) is 26.9 Å². The molecule has 1 rings (SSSR count). The second-order valence-electron chi connectivity index (χ2n) is 3.13. The van der Waals surface area contributed by atoms with Crippen molar-refractivity contribution in [1.29, 1.82) is 0 Å². The lowest BCUT2D eigenvalue weighted by molar-refractivity contribution is 0.109. The van der Waals surface area contributed by atoms with E-state index in [0.29, 0.717) is 6.10 Å². The molecule has 0 amide bonds. The van der Waals surface area contributed by atoms with Crippen LogP contribution in [0, 0.1) is 0 Å². The summed E-state index contributed by atoms with van der Waals surface area (Å²) in [4.78, 5) is 0. The molecule has 2 heteroatoms. The van der Waals surface area contributed by atoms with E-state index in [1.165, 1.54) is 25.7 Å². The van der Waals surface area contributed by atoms with E-state index in [0.717, 1.165) is 13.0 Å². The van der Waals surface area contributed by atoms with E-state index in [1.807, 2.05) is 0 Å². The van der Waals surface area contributed by atoms with Crippen molar-refractivity contribution < 1.29 is 9.47 Å². The van der Waals surface area contributed by atoms with Gasteiger partial charge in [0.15, 0.2) is 0 Å². The third-order valence-electron chi connectivity index (χ3n) is 2.04. The number of methoxy groups -OCH3 is 2. The third kappa shape index (κ3) is 6.62. The maximum absolute atomic E-state index is 5.11. The van der Waals surface area contributed by atoms with Gasteiger partial charge in [0.2, 0.25) is 0 Å². The Morgan fingerprint density at radius 3 is 1.92 bits per heavy atom. The Bertz CT molecular complexity index is 75.9. The molecule has 0 saturated heterocycles. The lowest BCUT2D eigenvalue weighted by Crippen LogP contribution is -2.01. The molecular formula is C10H22O2. The minimum absolute atomic E-state index is 0.597. The highest BCUT2D eigenvalue weighted by Gasteiger charge is 2.12. The first-order valence-corrected chi connectivity index (χ1v) is 4.86. The van der Waals surface area contributed by atoms with Crippen LogP contribution in [0.5, 0.6) is 0 Å². The van der Waals surface area contributed by atoms with Gasteiger partial charge in [-0.05, 0) is 19.3 Å². The monoisotopic (exact) mass is 174 g/mol. The van der Waals surface area contributed by atoms with Crippen LogP contribution in [0.1, 0.15) is 39.0 Å². The molecule has 12 heavy (non-hydrogen) atoms. The van der Waals surface area contributed by atoms with Gasteiger partial charge in [0.05, 0.1) is 6.10 Å². The molecular weight excluding hydrogens is 152 g/mol. The minimum Gasteiger partial charge on any atom is -0.385 e. The van der Waals surface area contributed by atoms with Crippen molar-refractivity contribution in [3.8, 4) is 0 Å². The van der Waals surface area contributed by atoms with E-state index in [2.05, 4.69) is 6.92 Å². The van der Waals surface area contributed by atoms with E-state index in [-0.39, 0.29) is 0 Å². The molecule has 1 aliphatic carbocycles. The highest BCUT2D eigenvalue weighted by molar-refractivity contribution is 4.65. The predicted octanol–water partition coefficient (Wildman–Crippen LogP) is 2.62. The second-order valence-corrected chi connectivity index (χ2v) is 3.13. The first kappa shape index (κ1) is 11.9. The van der Waals surface area contributed by atoms with Gasteiger partial charge in [0.1, 0.15) is 0 Å². The van der Waals surface area contributed by atoms with Gasteiger partial charge in [0, 0.05) is 20.8 Å². The van der Waals surface area contributed by atoms with Gasteiger partial charge >= 0.3 is 0 Å². The number of hydrogen-bond donors (Lipinski definition) is 0. The molecule has 1 fully saturated rings. The second kappa shape index (κ2) is 9.01. The smallest absolute Gasteiger partial charge is 0.0571 e. The van der Waals surface area contributed by atoms with Crippen molar-refractivity contribution in [2.45, 2.75) is 45.1 Å². The highest BCUT2D eigenvalue weighted by atomic mass is 16.5. The van der Waals surface area contributed by atoms with Gasteiger partial charge in [-0.1, -0.05) is 19.8 Å². The topological polar surface area (TPSA) is 18.5 Å². The Kier molecular flexibility index (Phi) is 8.95. The maximum atomic E-state index is 5.11. The van der Waals surface area contributed by atoms with Gasteiger partial charge in [-0.25, -0.2) is 0 Å². The van der Waals surface area contributed by atoms with Gasteiger partial charge in [-0.2, -0.15) is 0 Å². The largest absolute Gasteiger partial charge is 0.385 e. The molecule has 74 valence electrons. The lowest BCUT2D eigenvalue weighted by Gasteiger charge is -2.02. The summed E-state index contributed by atoms with van der Waals surface area (Å²) in [7, 11) is 3.51. The Labute approximate surface area is 76.3 Å². The van der Waals surface area contributed by atoms with E-state index >= 15 is 0 Å². The summed E-state index contributed by atoms with van der Waals surface area (Å²) in [5.74, 6) is 0. The summed E-state index contributed by atoms with van der Waals surface area (Å²) in [6.45, 7) is 2.98. The number of ether oxygens (including phenoxy) is 2. The van der Waals surface area contributed by atoms with Crippen LogP contribution in [0.3, 0.4) is 0 Å². The zero-order chi connectivity index (χ0) is 9.23. The van der Waals surface area contributed by atoms with Crippen molar-refractivity contribution in [3.63, 3.8) is 0 Å². The summed E-state index contributed by atoms with van der Waals surface area (Å²) < 4.78 is 9.80. The zero-order valence-corrected chi connectivity index (χ0v) is 8.64. The third-order valence-corrected chi connectivity index (χ3v) is 2.04. The van der Waals surface area contributed by atoms with E-state index in [9.17, 15) is 0 Å². The van der Waals surface area contributed by atoms with Crippen LogP contribution in [-0.2, 0) is 9.47 Å². The molecule has 0 bridgehead atoms. The summed E-state index contributed by atoms with van der Waals surface area (Å²) in [5, 5.41) is 0. The van der Waals surface area contributed by atoms with Crippen LogP contribution in [0.4, 0.5) is 0 Å². The highest BCUT2D eigenvalue weighted by Crippen LogP contribution is 2.19. The maximum Gasteiger partial charge on any atom is 0.0571 e. The Morgan fingerprint density at radius 1 is 1.17 bits per heavy atom. The average Bonchev–Trinajstić information content (AvgIpc) is 2.58. The fraction of sp³-hybridized carbons (Fsp3) is 1.00. The molecule has 0 aliphatic heterocycles. The first-order chi connectivity index (χ1) is 5.85. The van der Waals surface area contributed by atoms with Gasteiger partial charge in [0.25, 0.3) is 0 Å².